The molecule has 3 heterocycles. The molecule has 0 aromatic carbocycles. The van der Waals surface area contributed by atoms with Gasteiger partial charge in [0.05, 0.1) is 23.7 Å². The number of aromatic nitrogens is 4. The summed E-state index contributed by atoms with van der Waals surface area (Å²) in [6.45, 7) is 0.0693. The van der Waals surface area contributed by atoms with E-state index in [-0.39, 0.29) is 47.8 Å². The Kier molecular flexibility index (Phi) is 4.44. The van der Waals surface area contributed by atoms with Gasteiger partial charge in [0.2, 0.25) is 0 Å². The van der Waals surface area contributed by atoms with Gasteiger partial charge in [0.1, 0.15) is 17.3 Å². The Morgan fingerprint density at radius 2 is 1.84 bits per heavy atom. The summed E-state index contributed by atoms with van der Waals surface area (Å²) in [4.78, 5) is 20.9. The molecule has 7 rings (SSSR count). The fourth-order valence-corrected chi connectivity index (χ4v) is 5.64. The van der Waals surface area contributed by atoms with Gasteiger partial charge in [-0.3, -0.25) is 9.89 Å². The van der Waals surface area contributed by atoms with Crippen LogP contribution in [0.5, 0.6) is 0 Å². The highest BCUT2D eigenvalue weighted by atomic mass is 19.1. The van der Waals surface area contributed by atoms with E-state index >= 15 is 4.39 Å². The molecule has 0 saturated heterocycles. The number of hydrogen-bond donors (Lipinski definition) is 4. The molecule has 0 spiro atoms. The Hall–Kier alpha value is -3.04. The molecule has 4 saturated carbocycles. The lowest BCUT2D eigenvalue weighted by Crippen LogP contribution is -2.51. The van der Waals surface area contributed by atoms with Crippen LogP contribution in [-0.2, 0) is 4.79 Å². The third-order valence-corrected chi connectivity index (χ3v) is 7.40. The Labute approximate surface area is 182 Å². The monoisotopic (exact) mass is 442 g/mol. The van der Waals surface area contributed by atoms with Gasteiger partial charge < -0.3 is 15.7 Å². The van der Waals surface area contributed by atoms with Crippen LogP contribution in [0.15, 0.2) is 5.83 Å². The SMILES string of the molecule is O=C(O)[C@H]1C2CCC(CC2)C1Nc1nc(-c2n[nH]c3c2C=C(F)CN3)nc(C2CC2)c1F. The van der Waals surface area contributed by atoms with Crippen LogP contribution in [0.3, 0.4) is 0 Å². The average molecular weight is 442 g/mol. The molecule has 0 radical (unpaired) electrons. The Bertz CT molecular complexity index is 1120. The predicted molar refractivity (Wildman–Crippen MR) is 113 cm³/mol. The van der Waals surface area contributed by atoms with Gasteiger partial charge in [-0.2, -0.15) is 5.10 Å². The Balaban J connectivity index is 1.42. The molecule has 32 heavy (non-hydrogen) atoms. The quantitative estimate of drug-likeness (QED) is 0.555. The lowest BCUT2D eigenvalue weighted by Gasteiger charge is -2.47. The van der Waals surface area contributed by atoms with E-state index < -0.39 is 17.7 Å². The molecule has 2 atom stereocenters. The van der Waals surface area contributed by atoms with Crippen molar-refractivity contribution in [2.24, 2.45) is 17.8 Å². The highest BCUT2D eigenvalue weighted by molar-refractivity contribution is 5.79. The number of fused-ring (bicyclic) bond motifs is 4. The summed E-state index contributed by atoms with van der Waals surface area (Å²) in [5.74, 6) is -1.22. The van der Waals surface area contributed by atoms with Crippen LogP contribution in [0, 0.1) is 23.6 Å². The molecule has 2 aromatic rings. The van der Waals surface area contributed by atoms with Gasteiger partial charge in [-0.25, -0.2) is 18.7 Å². The number of carboxylic acids is 1. The van der Waals surface area contributed by atoms with Gasteiger partial charge in [-0.1, -0.05) is 0 Å². The maximum atomic E-state index is 15.5. The van der Waals surface area contributed by atoms with E-state index in [1.807, 2.05) is 0 Å². The molecule has 0 amide bonds. The van der Waals surface area contributed by atoms with Crippen molar-refractivity contribution < 1.29 is 18.7 Å². The Morgan fingerprint density at radius 1 is 1.09 bits per heavy atom. The highest BCUT2D eigenvalue weighted by Crippen LogP contribution is 2.47. The van der Waals surface area contributed by atoms with E-state index in [0.717, 1.165) is 38.5 Å². The second-order valence-electron chi connectivity index (χ2n) is 9.38. The van der Waals surface area contributed by atoms with Gasteiger partial charge >= 0.3 is 5.97 Å². The summed E-state index contributed by atoms with van der Waals surface area (Å²) in [7, 11) is 0. The second-order valence-corrected chi connectivity index (χ2v) is 9.38. The minimum absolute atomic E-state index is 0.00977. The standard InChI is InChI=1S/C22H24F2N6O2/c23-12-7-13-18(29-30-19(13)25-8-12)21-27-17(11-5-6-11)15(24)20(28-21)26-16-10-3-1-9(2-4-10)14(16)22(31)32/h7,9-11,14,16H,1-6,8H2,(H,31,32)(H2,25,29,30)(H,26,27,28)/t9?,10?,14-,16?/m0/s1. The second kappa shape index (κ2) is 7.25. The topological polar surface area (TPSA) is 116 Å². The van der Waals surface area contributed by atoms with Crippen molar-refractivity contribution in [3.8, 4) is 11.5 Å². The lowest BCUT2D eigenvalue weighted by atomic mass is 9.61. The number of aromatic amines is 1. The number of aliphatic carboxylic acids is 1. The summed E-state index contributed by atoms with van der Waals surface area (Å²) in [6.07, 6.45) is 6.72. The Morgan fingerprint density at radius 3 is 2.56 bits per heavy atom. The maximum absolute atomic E-state index is 15.5. The van der Waals surface area contributed by atoms with Crippen molar-refractivity contribution in [2.75, 3.05) is 17.2 Å². The van der Waals surface area contributed by atoms with E-state index in [9.17, 15) is 14.3 Å². The number of rotatable bonds is 5. The van der Waals surface area contributed by atoms with E-state index in [2.05, 4.69) is 30.8 Å². The van der Waals surface area contributed by atoms with E-state index in [1.54, 1.807) is 0 Å². The fourth-order valence-electron chi connectivity index (χ4n) is 5.64. The van der Waals surface area contributed by atoms with Gasteiger partial charge in [0.15, 0.2) is 17.5 Å². The minimum atomic E-state index is -0.845. The summed E-state index contributed by atoms with van der Waals surface area (Å²) in [5, 5.41) is 23.0. The maximum Gasteiger partial charge on any atom is 0.308 e. The molecule has 4 N–H and O–H groups in total. The molecule has 168 valence electrons. The normalized spacial score (nSPS) is 28.6. The van der Waals surface area contributed by atoms with Gasteiger partial charge in [-0.05, 0) is 56.4 Å². The van der Waals surface area contributed by atoms with Crippen LogP contribution in [0.2, 0.25) is 0 Å². The van der Waals surface area contributed by atoms with Crippen LogP contribution < -0.4 is 10.6 Å². The van der Waals surface area contributed by atoms with E-state index in [4.69, 9.17) is 0 Å². The van der Waals surface area contributed by atoms with Crippen LogP contribution in [0.4, 0.5) is 20.4 Å². The zero-order valence-corrected chi connectivity index (χ0v) is 17.4. The van der Waals surface area contributed by atoms with Gasteiger partial charge in [-0.15, -0.1) is 0 Å². The van der Waals surface area contributed by atoms with Crippen molar-refractivity contribution in [2.45, 2.75) is 50.5 Å². The van der Waals surface area contributed by atoms with Crippen molar-refractivity contribution >= 4 is 23.7 Å². The van der Waals surface area contributed by atoms with Crippen molar-refractivity contribution in [1.82, 2.24) is 20.2 Å². The van der Waals surface area contributed by atoms with Crippen molar-refractivity contribution in [3.05, 3.63) is 22.9 Å². The smallest absolute Gasteiger partial charge is 0.308 e. The fraction of sp³-hybridized carbons (Fsp3) is 0.545. The average Bonchev–Trinajstić information content (AvgIpc) is 3.55. The molecule has 8 nitrogen and oxygen atoms in total. The molecule has 4 fully saturated rings. The molecule has 4 aliphatic carbocycles. The van der Waals surface area contributed by atoms with Crippen LogP contribution in [0.25, 0.3) is 17.6 Å². The van der Waals surface area contributed by atoms with Gasteiger partial charge in [0.25, 0.3) is 0 Å². The number of anilines is 2. The molecule has 1 aliphatic heterocycles. The summed E-state index contributed by atoms with van der Waals surface area (Å²) in [5.41, 5.74) is 1.15. The number of carboxylic acid groups (broad SMARTS) is 1. The number of H-pyrrole nitrogens is 1. The summed E-state index contributed by atoms with van der Waals surface area (Å²) < 4.78 is 29.4. The summed E-state index contributed by atoms with van der Waals surface area (Å²) >= 11 is 0. The molecule has 10 heteroatoms. The third kappa shape index (κ3) is 3.15. The molecular formula is C22H24F2N6O2. The minimum Gasteiger partial charge on any atom is -0.481 e. The van der Waals surface area contributed by atoms with E-state index in [0.29, 0.717) is 22.8 Å². The molecule has 2 aromatic heterocycles. The molecule has 1 unspecified atom stereocenters. The first-order valence-corrected chi connectivity index (χ1v) is 11.2. The van der Waals surface area contributed by atoms with Gasteiger partial charge in [0, 0.05) is 12.0 Å². The zero-order chi connectivity index (χ0) is 22.0. The highest BCUT2D eigenvalue weighted by Gasteiger charge is 2.48. The number of halogens is 2. The third-order valence-electron chi connectivity index (χ3n) is 7.40. The van der Waals surface area contributed by atoms with Crippen molar-refractivity contribution in [1.29, 1.82) is 0 Å². The number of nitrogens with zero attached hydrogens (tertiary/aromatic N) is 3. The first-order chi connectivity index (χ1) is 15.5. The predicted octanol–water partition coefficient (Wildman–Crippen LogP) is 3.92. The largest absolute Gasteiger partial charge is 0.481 e. The number of carbonyl (C=O) groups is 1. The molecule has 5 aliphatic rings. The van der Waals surface area contributed by atoms with Crippen LogP contribution >= 0.6 is 0 Å². The molecular weight excluding hydrogens is 418 g/mol. The number of nitrogens with one attached hydrogen (secondary N) is 3. The van der Waals surface area contributed by atoms with Crippen LogP contribution in [-0.4, -0.2) is 43.8 Å². The molecule has 2 bridgehead atoms. The van der Waals surface area contributed by atoms with Crippen LogP contribution in [0.1, 0.15) is 55.7 Å². The first-order valence-electron chi connectivity index (χ1n) is 11.2. The first kappa shape index (κ1) is 19.6. The van der Waals surface area contributed by atoms with E-state index in [1.165, 1.54) is 6.08 Å². The van der Waals surface area contributed by atoms with Crippen molar-refractivity contribution in [3.63, 3.8) is 0 Å². The lowest BCUT2D eigenvalue weighted by molar-refractivity contribution is -0.148. The summed E-state index contributed by atoms with van der Waals surface area (Å²) in [6, 6.07) is -0.378. The number of hydrogen-bond acceptors (Lipinski definition) is 6. The zero-order valence-electron chi connectivity index (χ0n) is 17.4.